The van der Waals surface area contributed by atoms with E-state index >= 15 is 0 Å². The van der Waals surface area contributed by atoms with Crippen LogP contribution in [0.15, 0.2) is 0 Å². The van der Waals surface area contributed by atoms with Gasteiger partial charge in [0.25, 0.3) is 0 Å². The van der Waals surface area contributed by atoms with Crippen LogP contribution in [0.3, 0.4) is 0 Å². The molecule has 20 heavy (non-hydrogen) atoms. The van der Waals surface area contributed by atoms with Crippen molar-refractivity contribution in [1.82, 2.24) is 4.90 Å². The minimum atomic E-state index is -0.292. The summed E-state index contributed by atoms with van der Waals surface area (Å²) in [5.74, 6) is -0.346. The highest BCUT2D eigenvalue weighted by molar-refractivity contribution is 5.81. The Kier molecular flexibility index (Phi) is 6.46. The number of nitrogens with two attached hydrogens (primary N) is 2. The topological polar surface area (TPSA) is 89.4 Å². The molecule has 0 aromatic heterocycles. The minimum Gasteiger partial charge on any atom is -0.369 e. The molecule has 4 atom stereocenters. The third kappa shape index (κ3) is 4.78. The molecule has 1 aliphatic rings. The van der Waals surface area contributed by atoms with Gasteiger partial charge in [-0.25, -0.2) is 0 Å². The van der Waals surface area contributed by atoms with E-state index in [9.17, 15) is 9.59 Å². The molecular formula is C15H29N3O2. The maximum atomic E-state index is 12.5. The zero-order chi connectivity index (χ0) is 15.3. The molecule has 0 saturated carbocycles. The van der Waals surface area contributed by atoms with Gasteiger partial charge in [0.15, 0.2) is 0 Å². The van der Waals surface area contributed by atoms with Crippen LogP contribution in [0.4, 0.5) is 0 Å². The predicted octanol–water partition coefficient (Wildman–Crippen LogP) is 1.25. The maximum Gasteiger partial charge on any atom is 0.225 e. The summed E-state index contributed by atoms with van der Waals surface area (Å²) < 4.78 is 0. The van der Waals surface area contributed by atoms with Crippen molar-refractivity contribution in [3.63, 3.8) is 0 Å². The first-order valence-corrected chi connectivity index (χ1v) is 7.68. The van der Waals surface area contributed by atoms with Crippen molar-refractivity contribution >= 4 is 11.8 Å². The molecule has 1 rings (SSSR count). The number of hydrogen-bond donors (Lipinski definition) is 2. The van der Waals surface area contributed by atoms with Gasteiger partial charge < -0.3 is 16.4 Å². The van der Waals surface area contributed by atoms with Gasteiger partial charge in [-0.2, -0.15) is 0 Å². The molecule has 0 aromatic carbocycles. The van der Waals surface area contributed by atoms with Gasteiger partial charge in [0.1, 0.15) is 0 Å². The SMILES string of the molecule is CC(N)CCCC(C)C(=O)N1CC(C(N)=O)CCC1C. The van der Waals surface area contributed by atoms with Crippen LogP contribution in [0, 0.1) is 11.8 Å². The highest BCUT2D eigenvalue weighted by Crippen LogP contribution is 2.24. The number of rotatable bonds is 6. The Bertz CT molecular complexity index is 344. The van der Waals surface area contributed by atoms with E-state index in [0.717, 1.165) is 32.1 Å². The lowest BCUT2D eigenvalue weighted by atomic mass is 9.91. The Morgan fingerprint density at radius 3 is 2.45 bits per heavy atom. The first-order valence-electron chi connectivity index (χ1n) is 7.68. The Balaban J connectivity index is 2.52. The number of nitrogens with zero attached hydrogens (tertiary/aromatic N) is 1. The average Bonchev–Trinajstić information content (AvgIpc) is 2.37. The molecule has 1 saturated heterocycles. The van der Waals surface area contributed by atoms with Gasteiger partial charge in [0, 0.05) is 24.5 Å². The summed E-state index contributed by atoms with van der Waals surface area (Å²) in [6.07, 6.45) is 4.40. The Morgan fingerprint density at radius 1 is 1.25 bits per heavy atom. The predicted molar refractivity (Wildman–Crippen MR) is 79.8 cm³/mol. The third-order valence-electron chi connectivity index (χ3n) is 4.29. The van der Waals surface area contributed by atoms with E-state index in [4.69, 9.17) is 11.5 Å². The quantitative estimate of drug-likeness (QED) is 0.769. The van der Waals surface area contributed by atoms with E-state index in [2.05, 4.69) is 0 Å². The smallest absolute Gasteiger partial charge is 0.225 e. The van der Waals surface area contributed by atoms with E-state index in [-0.39, 0.29) is 35.7 Å². The van der Waals surface area contributed by atoms with Crippen LogP contribution in [-0.4, -0.2) is 35.3 Å². The molecule has 0 bridgehead atoms. The fraction of sp³-hybridized carbons (Fsp3) is 0.867. The third-order valence-corrected chi connectivity index (χ3v) is 4.29. The van der Waals surface area contributed by atoms with Gasteiger partial charge in [-0.3, -0.25) is 9.59 Å². The van der Waals surface area contributed by atoms with Crippen LogP contribution in [0.25, 0.3) is 0 Å². The molecule has 1 fully saturated rings. The first kappa shape index (κ1) is 17.0. The van der Waals surface area contributed by atoms with Crippen molar-refractivity contribution in [2.75, 3.05) is 6.54 Å². The number of likely N-dealkylation sites (tertiary alicyclic amines) is 1. The van der Waals surface area contributed by atoms with Gasteiger partial charge in [-0.15, -0.1) is 0 Å². The molecule has 4 N–H and O–H groups in total. The molecule has 1 heterocycles. The molecule has 0 spiro atoms. The zero-order valence-corrected chi connectivity index (χ0v) is 13.0. The summed E-state index contributed by atoms with van der Waals surface area (Å²) in [4.78, 5) is 25.7. The zero-order valence-electron chi connectivity index (χ0n) is 13.0. The number of primary amides is 1. The summed E-state index contributed by atoms with van der Waals surface area (Å²) in [6.45, 7) is 6.47. The van der Waals surface area contributed by atoms with Crippen molar-refractivity contribution in [1.29, 1.82) is 0 Å². The molecule has 2 amide bonds. The van der Waals surface area contributed by atoms with Crippen LogP contribution in [0.1, 0.15) is 52.9 Å². The molecule has 1 aliphatic heterocycles. The molecule has 0 radical (unpaired) electrons. The van der Waals surface area contributed by atoms with Crippen molar-refractivity contribution in [2.24, 2.45) is 23.3 Å². The van der Waals surface area contributed by atoms with Crippen molar-refractivity contribution in [2.45, 2.75) is 65.0 Å². The second-order valence-corrected chi connectivity index (χ2v) is 6.33. The summed E-state index contributed by atoms with van der Waals surface area (Å²) in [7, 11) is 0. The molecule has 0 aromatic rings. The van der Waals surface area contributed by atoms with Crippen LogP contribution >= 0.6 is 0 Å². The molecule has 4 unspecified atom stereocenters. The second-order valence-electron chi connectivity index (χ2n) is 6.33. The lowest BCUT2D eigenvalue weighted by Gasteiger charge is -2.38. The minimum absolute atomic E-state index is 0.0113. The molecule has 116 valence electrons. The Labute approximate surface area is 122 Å². The standard InChI is InChI=1S/C15H29N3O2/c1-10(5-4-6-11(2)16)15(20)18-9-13(14(17)19)8-7-12(18)3/h10-13H,4-9,16H2,1-3H3,(H2,17,19). The van der Waals surface area contributed by atoms with Crippen molar-refractivity contribution in [3.8, 4) is 0 Å². The van der Waals surface area contributed by atoms with Crippen molar-refractivity contribution in [3.05, 3.63) is 0 Å². The van der Waals surface area contributed by atoms with Crippen LogP contribution in [0.5, 0.6) is 0 Å². The average molecular weight is 283 g/mol. The number of carbonyl (C=O) groups excluding carboxylic acids is 2. The number of piperidine rings is 1. The lowest BCUT2D eigenvalue weighted by Crippen LogP contribution is -2.50. The second kappa shape index (κ2) is 7.62. The summed E-state index contributed by atoms with van der Waals surface area (Å²) in [5.41, 5.74) is 11.1. The first-order chi connectivity index (χ1) is 9.32. The van der Waals surface area contributed by atoms with E-state index < -0.39 is 0 Å². The van der Waals surface area contributed by atoms with E-state index in [1.54, 1.807) is 0 Å². The summed E-state index contributed by atoms with van der Waals surface area (Å²) >= 11 is 0. The fourth-order valence-electron chi connectivity index (χ4n) is 2.80. The summed E-state index contributed by atoms with van der Waals surface area (Å²) in [5, 5.41) is 0. The van der Waals surface area contributed by atoms with Crippen LogP contribution in [0.2, 0.25) is 0 Å². The largest absolute Gasteiger partial charge is 0.369 e. The summed E-state index contributed by atoms with van der Waals surface area (Å²) in [6, 6.07) is 0.388. The van der Waals surface area contributed by atoms with Crippen molar-refractivity contribution < 1.29 is 9.59 Å². The number of amides is 2. The highest BCUT2D eigenvalue weighted by atomic mass is 16.2. The van der Waals surface area contributed by atoms with Gasteiger partial charge in [0.2, 0.25) is 11.8 Å². The molecular weight excluding hydrogens is 254 g/mol. The van der Waals surface area contributed by atoms with Gasteiger partial charge in [0.05, 0.1) is 5.92 Å². The Morgan fingerprint density at radius 2 is 1.90 bits per heavy atom. The maximum absolute atomic E-state index is 12.5. The van der Waals surface area contributed by atoms with E-state index in [1.165, 1.54) is 0 Å². The highest BCUT2D eigenvalue weighted by Gasteiger charge is 2.33. The van der Waals surface area contributed by atoms with Crippen LogP contribution in [-0.2, 0) is 9.59 Å². The van der Waals surface area contributed by atoms with E-state index in [0.29, 0.717) is 6.54 Å². The number of hydrogen-bond acceptors (Lipinski definition) is 3. The van der Waals surface area contributed by atoms with Crippen LogP contribution < -0.4 is 11.5 Å². The molecule has 0 aliphatic carbocycles. The molecule has 5 heteroatoms. The van der Waals surface area contributed by atoms with Gasteiger partial charge in [-0.1, -0.05) is 13.3 Å². The van der Waals surface area contributed by atoms with Gasteiger partial charge in [-0.05, 0) is 39.5 Å². The Hall–Kier alpha value is -1.10. The monoisotopic (exact) mass is 283 g/mol. The number of carbonyl (C=O) groups is 2. The van der Waals surface area contributed by atoms with Gasteiger partial charge >= 0.3 is 0 Å². The lowest BCUT2D eigenvalue weighted by molar-refractivity contribution is -0.141. The van der Waals surface area contributed by atoms with E-state index in [1.807, 2.05) is 25.7 Å². The fourth-order valence-corrected chi connectivity index (χ4v) is 2.80. The molecule has 5 nitrogen and oxygen atoms in total. The normalized spacial score (nSPS) is 26.1.